The minimum Gasteiger partial charge on any atom is -0.485 e. The molecule has 1 aliphatic heterocycles. The van der Waals surface area contributed by atoms with Crippen molar-refractivity contribution in [2.75, 3.05) is 0 Å². The third-order valence-electron chi connectivity index (χ3n) is 3.44. The van der Waals surface area contributed by atoms with Crippen molar-refractivity contribution in [3.05, 3.63) is 45.7 Å². The lowest BCUT2D eigenvalue weighted by Gasteiger charge is -2.29. The fourth-order valence-corrected chi connectivity index (χ4v) is 2.88. The highest BCUT2D eigenvalue weighted by Gasteiger charge is 2.30. The number of nitrogens with zero attached hydrogens (tertiary/aromatic N) is 2. The largest absolute Gasteiger partial charge is 0.485 e. The standard InChI is InChI=1S/C14H15BrN2O2/c1-8-11(7-17(2)16-8)14-6-12(18)10-4-3-9(15)5-13(10)19-14/h3-5,7,12,14,18H,6H2,1-2H3/t12-,14?/m1/s1. The predicted octanol–water partition coefficient (Wildman–Crippen LogP) is 3.05. The van der Waals surface area contributed by atoms with E-state index in [-0.39, 0.29) is 6.10 Å². The fourth-order valence-electron chi connectivity index (χ4n) is 2.54. The molecular formula is C14H15BrN2O2. The Bertz CT molecular complexity index is 624. The van der Waals surface area contributed by atoms with Crippen LogP contribution in [0.4, 0.5) is 0 Å². The first kappa shape index (κ1) is 12.7. The molecular weight excluding hydrogens is 308 g/mol. The van der Waals surface area contributed by atoms with Crippen molar-refractivity contribution < 1.29 is 9.84 Å². The van der Waals surface area contributed by atoms with Crippen molar-refractivity contribution in [2.45, 2.75) is 25.6 Å². The maximum atomic E-state index is 10.3. The van der Waals surface area contributed by atoms with Gasteiger partial charge in [0.25, 0.3) is 0 Å². The quantitative estimate of drug-likeness (QED) is 0.877. The topological polar surface area (TPSA) is 47.3 Å². The van der Waals surface area contributed by atoms with E-state index in [0.29, 0.717) is 6.42 Å². The Morgan fingerprint density at radius 1 is 1.42 bits per heavy atom. The van der Waals surface area contributed by atoms with Crippen molar-refractivity contribution >= 4 is 15.9 Å². The lowest BCUT2D eigenvalue weighted by molar-refractivity contribution is 0.0654. The SMILES string of the molecule is Cc1nn(C)cc1C1C[C@@H](O)c2ccc(Br)cc2O1. The summed E-state index contributed by atoms with van der Waals surface area (Å²) in [5.41, 5.74) is 2.83. The van der Waals surface area contributed by atoms with E-state index >= 15 is 0 Å². The summed E-state index contributed by atoms with van der Waals surface area (Å²) in [6, 6.07) is 5.72. The van der Waals surface area contributed by atoms with Gasteiger partial charge in [0.1, 0.15) is 11.9 Å². The number of rotatable bonds is 1. The highest BCUT2D eigenvalue weighted by Crippen LogP contribution is 2.42. The van der Waals surface area contributed by atoms with Crippen LogP contribution in [0.5, 0.6) is 5.75 Å². The van der Waals surface area contributed by atoms with Crippen LogP contribution in [0.3, 0.4) is 0 Å². The van der Waals surface area contributed by atoms with Crippen molar-refractivity contribution in [2.24, 2.45) is 7.05 Å². The minimum atomic E-state index is -0.499. The molecule has 0 saturated carbocycles. The van der Waals surface area contributed by atoms with Gasteiger partial charge in [-0.1, -0.05) is 22.0 Å². The van der Waals surface area contributed by atoms with E-state index in [1.807, 2.05) is 38.4 Å². The number of ether oxygens (including phenoxy) is 1. The van der Waals surface area contributed by atoms with Gasteiger partial charge in [-0.2, -0.15) is 5.10 Å². The molecule has 1 N–H and O–H groups in total. The third-order valence-corrected chi connectivity index (χ3v) is 3.93. The van der Waals surface area contributed by atoms with Gasteiger partial charge >= 0.3 is 0 Å². The van der Waals surface area contributed by atoms with Crippen LogP contribution in [0.1, 0.15) is 35.4 Å². The normalized spacial score (nSPS) is 21.9. The number of benzene rings is 1. The predicted molar refractivity (Wildman–Crippen MR) is 75.0 cm³/mol. The average molecular weight is 323 g/mol. The zero-order chi connectivity index (χ0) is 13.6. The van der Waals surface area contributed by atoms with E-state index in [1.54, 1.807) is 4.68 Å². The van der Waals surface area contributed by atoms with E-state index in [4.69, 9.17) is 4.74 Å². The van der Waals surface area contributed by atoms with Crippen molar-refractivity contribution in [1.82, 2.24) is 9.78 Å². The second-order valence-electron chi connectivity index (χ2n) is 4.88. The van der Waals surface area contributed by atoms with Crippen LogP contribution in [0.2, 0.25) is 0 Å². The Hall–Kier alpha value is -1.33. The van der Waals surface area contributed by atoms with Gasteiger partial charge in [-0.25, -0.2) is 0 Å². The van der Waals surface area contributed by atoms with Crippen LogP contribution in [0.15, 0.2) is 28.9 Å². The van der Waals surface area contributed by atoms with Gasteiger partial charge in [0.05, 0.1) is 11.8 Å². The van der Waals surface area contributed by atoms with Crippen LogP contribution < -0.4 is 4.74 Å². The number of aromatic nitrogens is 2. The number of aryl methyl sites for hydroxylation is 2. The minimum absolute atomic E-state index is 0.148. The molecule has 1 aromatic heterocycles. The molecule has 1 aromatic carbocycles. The summed E-state index contributed by atoms with van der Waals surface area (Å²) in [5, 5.41) is 14.6. The number of fused-ring (bicyclic) bond motifs is 1. The zero-order valence-electron chi connectivity index (χ0n) is 10.8. The van der Waals surface area contributed by atoms with Gasteiger partial charge in [0.15, 0.2) is 0 Å². The molecule has 19 heavy (non-hydrogen) atoms. The molecule has 2 aromatic rings. The Morgan fingerprint density at radius 2 is 2.21 bits per heavy atom. The Morgan fingerprint density at radius 3 is 2.89 bits per heavy atom. The van der Waals surface area contributed by atoms with Crippen molar-refractivity contribution in [3.8, 4) is 5.75 Å². The fraction of sp³-hybridized carbons (Fsp3) is 0.357. The van der Waals surface area contributed by atoms with E-state index in [9.17, 15) is 5.11 Å². The van der Waals surface area contributed by atoms with Gasteiger partial charge in [0.2, 0.25) is 0 Å². The molecule has 0 saturated heterocycles. The number of aliphatic hydroxyl groups excluding tert-OH is 1. The molecule has 0 aliphatic carbocycles. The highest BCUT2D eigenvalue weighted by atomic mass is 79.9. The Balaban J connectivity index is 1.98. The maximum Gasteiger partial charge on any atom is 0.130 e. The van der Waals surface area contributed by atoms with Crippen molar-refractivity contribution in [3.63, 3.8) is 0 Å². The van der Waals surface area contributed by atoms with Gasteiger partial charge in [-0.15, -0.1) is 0 Å². The van der Waals surface area contributed by atoms with Gasteiger partial charge in [0, 0.05) is 35.3 Å². The molecule has 0 spiro atoms. The maximum absolute atomic E-state index is 10.3. The number of halogens is 1. The second kappa shape index (κ2) is 4.65. The van der Waals surface area contributed by atoms with Crippen molar-refractivity contribution in [1.29, 1.82) is 0 Å². The van der Waals surface area contributed by atoms with Crippen LogP contribution in [-0.4, -0.2) is 14.9 Å². The number of hydrogen-bond acceptors (Lipinski definition) is 3. The average Bonchev–Trinajstić information content (AvgIpc) is 2.67. The zero-order valence-corrected chi connectivity index (χ0v) is 12.4. The summed E-state index contributed by atoms with van der Waals surface area (Å²) in [5.74, 6) is 0.737. The molecule has 5 heteroatoms. The number of hydrogen-bond donors (Lipinski definition) is 1. The highest BCUT2D eigenvalue weighted by molar-refractivity contribution is 9.10. The summed E-state index contributed by atoms with van der Waals surface area (Å²) >= 11 is 3.43. The lowest BCUT2D eigenvalue weighted by atomic mass is 9.95. The van der Waals surface area contributed by atoms with Crippen LogP contribution >= 0.6 is 15.9 Å². The molecule has 2 atom stereocenters. The van der Waals surface area contributed by atoms with Crippen LogP contribution in [0.25, 0.3) is 0 Å². The molecule has 0 fully saturated rings. The molecule has 0 amide bonds. The second-order valence-corrected chi connectivity index (χ2v) is 5.80. The summed E-state index contributed by atoms with van der Waals surface area (Å²) in [6.45, 7) is 1.96. The van der Waals surface area contributed by atoms with E-state index in [2.05, 4.69) is 21.0 Å². The molecule has 1 aliphatic rings. The molecule has 0 radical (unpaired) electrons. The molecule has 2 heterocycles. The van der Waals surface area contributed by atoms with Gasteiger partial charge < -0.3 is 9.84 Å². The molecule has 3 rings (SSSR count). The Kier molecular flexibility index (Phi) is 3.11. The smallest absolute Gasteiger partial charge is 0.130 e. The summed E-state index contributed by atoms with van der Waals surface area (Å²) < 4.78 is 8.74. The Labute approximate surface area is 120 Å². The van der Waals surface area contributed by atoms with E-state index in [0.717, 1.165) is 27.0 Å². The molecule has 100 valence electrons. The summed E-state index contributed by atoms with van der Waals surface area (Å²) in [6.07, 6.45) is 1.86. The third kappa shape index (κ3) is 2.28. The first-order valence-corrected chi connectivity index (χ1v) is 6.98. The summed E-state index contributed by atoms with van der Waals surface area (Å²) in [4.78, 5) is 0. The number of aliphatic hydroxyl groups is 1. The van der Waals surface area contributed by atoms with Gasteiger partial charge in [-0.05, 0) is 19.1 Å². The van der Waals surface area contributed by atoms with Crippen LogP contribution in [0, 0.1) is 6.92 Å². The molecule has 1 unspecified atom stereocenters. The first-order chi connectivity index (χ1) is 9.04. The molecule has 0 bridgehead atoms. The summed E-state index contributed by atoms with van der Waals surface area (Å²) in [7, 11) is 1.89. The van der Waals surface area contributed by atoms with E-state index in [1.165, 1.54) is 0 Å². The van der Waals surface area contributed by atoms with Gasteiger partial charge in [-0.3, -0.25) is 4.68 Å². The monoisotopic (exact) mass is 322 g/mol. The van der Waals surface area contributed by atoms with E-state index < -0.39 is 6.10 Å². The van der Waals surface area contributed by atoms with Crippen LogP contribution in [-0.2, 0) is 7.05 Å². The lowest BCUT2D eigenvalue weighted by Crippen LogP contribution is -2.19. The molecule has 4 nitrogen and oxygen atoms in total. The first-order valence-electron chi connectivity index (χ1n) is 6.19.